The Morgan fingerprint density at radius 2 is 2.14 bits per heavy atom. The quantitative estimate of drug-likeness (QED) is 0.335. The van der Waals surface area contributed by atoms with Gasteiger partial charge in [-0.3, -0.25) is 10.1 Å². The van der Waals surface area contributed by atoms with Gasteiger partial charge in [0.15, 0.2) is 0 Å². The van der Waals surface area contributed by atoms with E-state index in [1.54, 1.807) is 24.5 Å². The monoisotopic (exact) mass is 494 g/mol. The number of H-pyrrole nitrogens is 1. The molecule has 1 saturated heterocycles. The zero-order valence-corrected chi connectivity index (χ0v) is 20.1. The number of fused-ring (bicyclic) bond motifs is 1. The van der Waals surface area contributed by atoms with Crippen molar-refractivity contribution in [2.45, 2.75) is 32.5 Å². The van der Waals surface area contributed by atoms with E-state index >= 15 is 4.39 Å². The number of nitrogens with one attached hydrogen (secondary N) is 1. The Labute approximate surface area is 206 Å². The smallest absolute Gasteiger partial charge is 0.213 e. The van der Waals surface area contributed by atoms with E-state index in [4.69, 9.17) is 25.8 Å². The largest absolute Gasteiger partial charge is 0.486 e. The van der Waals surface area contributed by atoms with Gasteiger partial charge in [0.25, 0.3) is 0 Å². The number of aromatic amines is 1. The third kappa shape index (κ3) is 5.13. The molecule has 0 bridgehead atoms. The number of pyridine rings is 2. The predicted molar refractivity (Wildman–Crippen MR) is 132 cm³/mol. The first-order valence-corrected chi connectivity index (χ1v) is 11.7. The summed E-state index contributed by atoms with van der Waals surface area (Å²) < 4.78 is 32.2. The number of nitrogens with zero attached hydrogens (tertiary/aromatic N) is 3. The summed E-state index contributed by atoms with van der Waals surface area (Å²) in [5.41, 5.74) is 3.38. The van der Waals surface area contributed by atoms with E-state index in [0.717, 1.165) is 22.9 Å². The fourth-order valence-corrected chi connectivity index (χ4v) is 4.45. The Balaban J connectivity index is 1.35. The minimum absolute atomic E-state index is 0.0114. The summed E-state index contributed by atoms with van der Waals surface area (Å²) >= 11 is 6.34. The fraction of sp³-hybridized carbons (Fsp3) is 0.269. The Morgan fingerprint density at radius 1 is 1.26 bits per heavy atom. The molecule has 2 atom stereocenters. The van der Waals surface area contributed by atoms with Crippen molar-refractivity contribution in [3.63, 3.8) is 0 Å². The van der Waals surface area contributed by atoms with Crippen LogP contribution in [0.15, 0.2) is 48.9 Å². The van der Waals surface area contributed by atoms with E-state index in [9.17, 15) is 0 Å². The van der Waals surface area contributed by atoms with Crippen LogP contribution in [0.3, 0.4) is 0 Å². The van der Waals surface area contributed by atoms with Crippen LogP contribution in [0, 0.1) is 6.92 Å². The van der Waals surface area contributed by atoms with E-state index in [2.05, 4.69) is 20.2 Å². The van der Waals surface area contributed by atoms with Crippen LogP contribution in [0.4, 0.5) is 4.39 Å². The number of aromatic nitrogens is 4. The maximum absolute atomic E-state index is 15.0. The molecule has 180 valence electrons. The summed E-state index contributed by atoms with van der Waals surface area (Å²) in [5.74, 6) is 0.620. The Bertz CT molecular complexity index is 1350. The second-order valence-corrected chi connectivity index (χ2v) is 8.82. The molecule has 4 aromatic rings. The van der Waals surface area contributed by atoms with E-state index in [1.165, 1.54) is 12.3 Å². The average molecular weight is 495 g/mol. The number of hydrogen-bond acceptors (Lipinski definition) is 6. The molecule has 7 nitrogen and oxygen atoms in total. The van der Waals surface area contributed by atoms with Gasteiger partial charge in [0.1, 0.15) is 23.8 Å². The molecule has 1 aliphatic rings. The fourth-order valence-electron chi connectivity index (χ4n) is 4.09. The molecule has 1 aliphatic heterocycles. The van der Waals surface area contributed by atoms with Crippen molar-refractivity contribution in [3.05, 3.63) is 76.3 Å². The molecule has 9 heteroatoms. The molecule has 0 radical (unpaired) electrons. The molecule has 1 aromatic carbocycles. The number of ether oxygens (including phenoxy) is 3. The number of halogens is 2. The van der Waals surface area contributed by atoms with Crippen LogP contribution in [-0.2, 0) is 4.74 Å². The molecular weight excluding hydrogens is 471 g/mol. The van der Waals surface area contributed by atoms with E-state index < -0.39 is 5.83 Å². The Morgan fingerprint density at radius 3 is 2.89 bits per heavy atom. The third-order valence-electron chi connectivity index (χ3n) is 5.87. The highest BCUT2D eigenvalue weighted by molar-refractivity contribution is 6.31. The number of hydrogen-bond donors (Lipinski definition) is 1. The molecule has 3 aromatic heterocycles. The van der Waals surface area contributed by atoms with Crippen LogP contribution in [0.25, 0.3) is 22.8 Å². The molecule has 0 aliphatic carbocycles. The molecule has 0 spiro atoms. The first-order valence-electron chi connectivity index (χ1n) is 11.3. The second-order valence-electron chi connectivity index (χ2n) is 8.41. The highest BCUT2D eigenvalue weighted by Gasteiger charge is 2.18. The van der Waals surface area contributed by atoms with Gasteiger partial charge >= 0.3 is 0 Å². The molecule has 35 heavy (non-hydrogen) atoms. The lowest BCUT2D eigenvalue weighted by Gasteiger charge is -2.18. The molecule has 0 saturated carbocycles. The van der Waals surface area contributed by atoms with Crippen molar-refractivity contribution >= 4 is 34.4 Å². The highest BCUT2D eigenvalue weighted by Crippen LogP contribution is 2.32. The van der Waals surface area contributed by atoms with Crippen molar-refractivity contribution in [1.82, 2.24) is 20.2 Å². The summed E-state index contributed by atoms with van der Waals surface area (Å²) in [6.45, 7) is 5.09. The van der Waals surface area contributed by atoms with Gasteiger partial charge in [0.2, 0.25) is 5.88 Å². The van der Waals surface area contributed by atoms with Crippen LogP contribution < -0.4 is 9.47 Å². The Hall–Kier alpha value is -3.49. The van der Waals surface area contributed by atoms with Crippen LogP contribution in [0.5, 0.6) is 11.6 Å². The lowest BCUT2D eigenvalue weighted by molar-refractivity contribution is 0.138. The molecular formula is C26H24ClFN4O3. The zero-order chi connectivity index (χ0) is 24.4. The van der Waals surface area contributed by atoms with Gasteiger partial charge < -0.3 is 14.2 Å². The number of benzene rings is 1. The van der Waals surface area contributed by atoms with Crippen molar-refractivity contribution in [3.8, 4) is 11.6 Å². The maximum Gasteiger partial charge on any atom is 0.213 e. The van der Waals surface area contributed by atoms with Crippen molar-refractivity contribution in [1.29, 1.82) is 0 Å². The van der Waals surface area contributed by atoms with Gasteiger partial charge in [-0.1, -0.05) is 11.6 Å². The van der Waals surface area contributed by atoms with Gasteiger partial charge in [-0.25, -0.2) is 9.37 Å². The minimum atomic E-state index is -0.447. The van der Waals surface area contributed by atoms with Crippen LogP contribution in [0.1, 0.15) is 41.8 Å². The maximum atomic E-state index is 15.0. The van der Waals surface area contributed by atoms with Crippen LogP contribution >= 0.6 is 11.6 Å². The SMILES string of the molecule is Cc1cncc(Cl)c1[C@@H](C)Oc1ccc2n[nH]c(/C=C(\F)c3ccc(O[C@@H]4CCOC4)nc3)c2c1. The van der Waals surface area contributed by atoms with Gasteiger partial charge in [-0.2, -0.15) is 5.10 Å². The summed E-state index contributed by atoms with van der Waals surface area (Å²) in [5, 5.41) is 8.45. The normalized spacial score (nSPS) is 17.0. The van der Waals surface area contributed by atoms with Crippen molar-refractivity contribution in [2.24, 2.45) is 0 Å². The second kappa shape index (κ2) is 10.0. The van der Waals surface area contributed by atoms with Crippen molar-refractivity contribution in [2.75, 3.05) is 13.2 Å². The summed E-state index contributed by atoms with van der Waals surface area (Å²) in [7, 11) is 0. The molecule has 5 rings (SSSR count). The lowest BCUT2D eigenvalue weighted by Crippen LogP contribution is -2.16. The molecule has 1 fully saturated rings. The van der Waals surface area contributed by atoms with Crippen molar-refractivity contribution < 1.29 is 18.6 Å². The van der Waals surface area contributed by atoms with Gasteiger partial charge in [-0.15, -0.1) is 0 Å². The summed E-state index contributed by atoms with van der Waals surface area (Å²) in [6, 6.07) is 8.78. The molecule has 0 amide bonds. The first kappa shape index (κ1) is 23.3. The molecule has 1 N–H and O–H groups in total. The van der Waals surface area contributed by atoms with E-state index in [0.29, 0.717) is 46.6 Å². The van der Waals surface area contributed by atoms with E-state index in [1.807, 2.05) is 32.0 Å². The Kier molecular flexibility index (Phi) is 6.66. The molecule has 0 unspecified atom stereocenters. The third-order valence-corrected chi connectivity index (χ3v) is 6.17. The van der Waals surface area contributed by atoms with Gasteiger partial charge in [0, 0.05) is 53.7 Å². The van der Waals surface area contributed by atoms with Crippen LogP contribution in [0.2, 0.25) is 5.02 Å². The van der Waals surface area contributed by atoms with E-state index in [-0.39, 0.29) is 12.2 Å². The predicted octanol–water partition coefficient (Wildman–Crippen LogP) is 6.09. The van der Waals surface area contributed by atoms with Crippen LogP contribution in [-0.4, -0.2) is 39.5 Å². The zero-order valence-electron chi connectivity index (χ0n) is 19.3. The van der Waals surface area contributed by atoms with Gasteiger partial charge in [-0.05, 0) is 43.7 Å². The first-order chi connectivity index (χ1) is 17.0. The number of aryl methyl sites for hydroxylation is 1. The van der Waals surface area contributed by atoms with Gasteiger partial charge in [0.05, 0.1) is 29.4 Å². The lowest BCUT2D eigenvalue weighted by atomic mass is 10.1. The topological polar surface area (TPSA) is 82.2 Å². The average Bonchev–Trinajstić information content (AvgIpc) is 3.49. The summed E-state index contributed by atoms with van der Waals surface area (Å²) in [4.78, 5) is 8.33. The highest BCUT2D eigenvalue weighted by atomic mass is 35.5. The molecule has 4 heterocycles. The standard InChI is InChI=1S/C26H24ClFN4O3/c1-15-11-29-13-21(27)26(15)16(2)34-18-4-5-23-20(9-18)24(32-31-23)10-22(28)17-3-6-25(30-12-17)35-19-7-8-33-14-19/h3-6,9-13,16,19H,7-8,14H2,1-2H3,(H,31,32)/b22-10-/t16-,19-/m1/s1. The minimum Gasteiger partial charge on any atom is -0.486 e. The number of rotatable bonds is 7. The summed E-state index contributed by atoms with van der Waals surface area (Å²) in [6.07, 6.45) is 6.72.